The number of anilines is 1. The molecule has 0 atom stereocenters. The number of carboxylic acids is 1. The summed E-state index contributed by atoms with van der Waals surface area (Å²) in [6, 6.07) is 0. The minimum absolute atomic E-state index is 0.245. The zero-order valence-corrected chi connectivity index (χ0v) is 13.8. The molecule has 0 unspecified atom stereocenters. The average Bonchev–Trinajstić information content (AvgIpc) is 2.15. The molecule has 0 amide bonds. The van der Waals surface area contributed by atoms with E-state index < -0.39 is 5.97 Å². The Kier molecular flexibility index (Phi) is 4.85. The molecule has 7 heteroatoms. The van der Waals surface area contributed by atoms with Crippen LogP contribution in [0.5, 0.6) is 0 Å². The van der Waals surface area contributed by atoms with Crippen LogP contribution < -0.4 is 11.5 Å². The number of nitrogen functional groups attached to an aromatic ring is 1. The zero-order valence-electron chi connectivity index (χ0n) is 7.35. The Balaban J connectivity index is 3.68. The number of benzene rings is 1. The number of aromatic carboxylic acids is 1. The van der Waals surface area contributed by atoms with Crippen LogP contribution in [0.1, 0.15) is 15.9 Å². The molecule has 0 heterocycles. The molecule has 15 heavy (non-hydrogen) atoms. The molecule has 0 aliphatic heterocycles. The second-order valence-corrected chi connectivity index (χ2v) is 5.95. The molecule has 0 saturated carbocycles. The van der Waals surface area contributed by atoms with Crippen molar-refractivity contribution in [1.82, 2.24) is 0 Å². The summed E-state index contributed by atoms with van der Waals surface area (Å²) in [5.41, 5.74) is 12.9. The molecule has 5 N–H and O–H groups in total. The first kappa shape index (κ1) is 13.7. The highest BCUT2D eigenvalue weighted by atomic mass is 127. The van der Waals surface area contributed by atoms with E-state index in [4.69, 9.17) is 16.6 Å². The van der Waals surface area contributed by atoms with Crippen LogP contribution in [-0.4, -0.2) is 11.1 Å². The summed E-state index contributed by atoms with van der Waals surface area (Å²) in [5.74, 6) is -0.971. The van der Waals surface area contributed by atoms with E-state index in [9.17, 15) is 4.79 Å². The van der Waals surface area contributed by atoms with Gasteiger partial charge in [-0.05, 0) is 73.3 Å². The number of hydrogen-bond acceptors (Lipinski definition) is 3. The van der Waals surface area contributed by atoms with Crippen LogP contribution in [0.3, 0.4) is 0 Å². The first-order valence-corrected chi connectivity index (χ1v) is 7.03. The summed E-state index contributed by atoms with van der Waals surface area (Å²) in [6.07, 6.45) is 0. The molecule has 0 bridgehead atoms. The summed E-state index contributed by atoms with van der Waals surface area (Å²) in [5, 5.41) is 9.07. The molecule has 4 nitrogen and oxygen atoms in total. The largest absolute Gasteiger partial charge is 0.478 e. The first-order valence-electron chi connectivity index (χ1n) is 3.80. The SMILES string of the molecule is NCc1c(I)c(N)c(I)c(C(=O)O)c1I. The second-order valence-electron chi connectivity index (χ2n) is 2.72. The molecular formula is C8H7I3N2O2. The molecule has 0 saturated heterocycles. The van der Waals surface area contributed by atoms with Gasteiger partial charge in [0.2, 0.25) is 0 Å². The fourth-order valence-corrected chi connectivity index (χ4v) is 5.17. The number of carboxylic acid groups (broad SMARTS) is 1. The predicted molar refractivity (Wildman–Crippen MR) is 83.9 cm³/mol. The van der Waals surface area contributed by atoms with Gasteiger partial charge in [-0.15, -0.1) is 0 Å². The Bertz CT molecular complexity index is 435. The maximum atomic E-state index is 11.1. The quantitative estimate of drug-likeness (QED) is 0.394. The molecular weight excluding hydrogens is 537 g/mol. The van der Waals surface area contributed by atoms with Crippen molar-refractivity contribution in [1.29, 1.82) is 0 Å². The van der Waals surface area contributed by atoms with E-state index in [0.717, 1.165) is 9.13 Å². The van der Waals surface area contributed by atoms with E-state index >= 15 is 0 Å². The van der Waals surface area contributed by atoms with Gasteiger partial charge >= 0.3 is 5.97 Å². The summed E-state index contributed by atoms with van der Waals surface area (Å²) in [4.78, 5) is 11.1. The molecule has 1 aromatic carbocycles. The lowest BCUT2D eigenvalue weighted by Gasteiger charge is -2.13. The molecule has 0 spiro atoms. The maximum absolute atomic E-state index is 11.1. The average molecular weight is 544 g/mol. The van der Waals surface area contributed by atoms with Gasteiger partial charge in [0.05, 0.1) is 14.8 Å². The van der Waals surface area contributed by atoms with Gasteiger partial charge in [-0.3, -0.25) is 0 Å². The monoisotopic (exact) mass is 544 g/mol. The number of rotatable bonds is 2. The summed E-state index contributed by atoms with van der Waals surface area (Å²) >= 11 is 6.04. The van der Waals surface area contributed by atoms with E-state index in [2.05, 4.69) is 22.6 Å². The number of carbonyl (C=O) groups is 1. The molecule has 0 fully saturated rings. The predicted octanol–water partition coefficient (Wildman–Crippen LogP) is 2.24. The highest BCUT2D eigenvalue weighted by molar-refractivity contribution is 14.1. The third-order valence-electron chi connectivity index (χ3n) is 1.86. The third-order valence-corrected chi connectivity index (χ3v) is 5.40. The van der Waals surface area contributed by atoms with Gasteiger partial charge in [-0.25, -0.2) is 4.79 Å². The van der Waals surface area contributed by atoms with Crippen molar-refractivity contribution >= 4 is 79.4 Å². The van der Waals surface area contributed by atoms with Gasteiger partial charge in [-0.1, -0.05) is 0 Å². The lowest BCUT2D eigenvalue weighted by atomic mass is 10.1. The summed E-state index contributed by atoms with van der Waals surface area (Å²) in [7, 11) is 0. The number of nitrogens with two attached hydrogens (primary N) is 2. The van der Waals surface area contributed by atoms with Crippen LogP contribution in [0.25, 0.3) is 0 Å². The Morgan fingerprint density at radius 2 is 1.73 bits per heavy atom. The summed E-state index contributed by atoms with van der Waals surface area (Å²) in [6.45, 7) is 0.290. The fourth-order valence-electron chi connectivity index (χ4n) is 1.10. The van der Waals surface area contributed by atoms with Gasteiger partial charge in [-0.2, -0.15) is 0 Å². The van der Waals surface area contributed by atoms with Crippen molar-refractivity contribution < 1.29 is 9.90 Å². The Hall–Kier alpha value is 0.640. The van der Waals surface area contributed by atoms with Gasteiger partial charge < -0.3 is 16.6 Å². The maximum Gasteiger partial charge on any atom is 0.337 e. The molecule has 82 valence electrons. The van der Waals surface area contributed by atoms with Crippen molar-refractivity contribution in [2.45, 2.75) is 6.54 Å². The van der Waals surface area contributed by atoms with Gasteiger partial charge in [0.1, 0.15) is 0 Å². The minimum Gasteiger partial charge on any atom is -0.478 e. The minimum atomic E-state index is -0.971. The summed E-state index contributed by atoms with van der Waals surface area (Å²) < 4.78 is 2.09. The van der Waals surface area contributed by atoms with Crippen molar-refractivity contribution in [2.75, 3.05) is 5.73 Å². The Morgan fingerprint density at radius 3 is 2.13 bits per heavy atom. The van der Waals surface area contributed by atoms with E-state index in [-0.39, 0.29) is 12.1 Å². The lowest BCUT2D eigenvalue weighted by Crippen LogP contribution is -2.13. The van der Waals surface area contributed by atoms with Crippen molar-refractivity contribution in [3.63, 3.8) is 0 Å². The number of hydrogen-bond donors (Lipinski definition) is 3. The lowest BCUT2D eigenvalue weighted by molar-refractivity contribution is 0.0694. The van der Waals surface area contributed by atoms with Crippen LogP contribution in [0.15, 0.2) is 0 Å². The van der Waals surface area contributed by atoms with Gasteiger partial charge in [0.25, 0.3) is 0 Å². The van der Waals surface area contributed by atoms with Crippen molar-refractivity contribution in [2.24, 2.45) is 5.73 Å². The zero-order chi connectivity index (χ0) is 11.7. The molecule has 1 aromatic rings. The molecule has 0 aliphatic rings. The Morgan fingerprint density at radius 1 is 1.20 bits per heavy atom. The van der Waals surface area contributed by atoms with E-state index in [1.165, 1.54) is 0 Å². The standard InChI is InChI=1S/C8H7I3N2O2/c9-4-2(1-12)5(10)7(13)6(11)3(4)8(14)15/h1,12-13H2,(H,14,15). The highest BCUT2D eigenvalue weighted by Gasteiger charge is 2.21. The molecule has 0 aromatic heterocycles. The van der Waals surface area contributed by atoms with Gasteiger partial charge in [0, 0.05) is 13.7 Å². The third kappa shape index (κ3) is 2.49. The Labute approximate surface area is 128 Å². The molecule has 0 aliphatic carbocycles. The van der Waals surface area contributed by atoms with Gasteiger partial charge in [0.15, 0.2) is 0 Å². The van der Waals surface area contributed by atoms with Crippen LogP contribution in [0, 0.1) is 10.7 Å². The smallest absolute Gasteiger partial charge is 0.337 e. The number of halogens is 3. The first-order chi connectivity index (χ1) is 6.91. The van der Waals surface area contributed by atoms with E-state index in [1.54, 1.807) is 0 Å². The van der Waals surface area contributed by atoms with E-state index in [1.807, 2.05) is 45.2 Å². The molecule has 0 radical (unpaired) electrons. The topological polar surface area (TPSA) is 89.3 Å². The van der Waals surface area contributed by atoms with Crippen LogP contribution in [0.4, 0.5) is 5.69 Å². The normalized spacial score (nSPS) is 10.4. The fraction of sp³-hybridized carbons (Fsp3) is 0.125. The van der Waals surface area contributed by atoms with E-state index in [0.29, 0.717) is 12.8 Å². The van der Waals surface area contributed by atoms with Crippen LogP contribution in [-0.2, 0) is 6.54 Å². The molecule has 1 rings (SSSR count). The highest BCUT2D eigenvalue weighted by Crippen LogP contribution is 2.33. The van der Waals surface area contributed by atoms with Crippen molar-refractivity contribution in [3.8, 4) is 0 Å². The second kappa shape index (κ2) is 5.31. The van der Waals surface area contributed by atoms with Crippen LogP contribution >= 0.6 is 67.8 Å². The van der Waals surface area contributed by atoms with Crippen LogP contribution in [0.2, 0.25) is 0 Å². The van der Waals surface area contributed by atoms with Crippen molar-refractivity contribution in [3.05, 3.63) is 21.8 Å².